The van der Waals surface area contributed by atoms with Gasteiger partial charge in [0.2, 0.25) is 0 Å². The molecule has 2 heterocycles. The minimum atomic E-state index is -0.264. The maximum Gasteiger partial charge on any atom is 0.165 e. The number of likely N-dealkylation sites (tertiary alicyclic amines) is 2. The van der Waals surface area contributed by atoms with Crippen LogP contribution in [0.1, 0.15) is 25.7 Å². The van der Waals surface area contributed by atoms with E-state index in [0.29, 0.717) is 5.75 Å². The third kappa shape index (κ3) is 3.74. The molecule has 21 heavy (non-hydrogen) atoms. The SMILES string of the molecule is CN1CCCCC1CCN1CC(Oc2ccccc2F)C1. The standard InChI is InChI=1S/C17H25FN2O/c1-19-10-5-4-6-14(19)9-11-20-12-15(13-20)21-17-8-3-2-7-16(17)18/h2-3,7-8,14-15H,4-6,9-13H2,1H3. The molecule has 0 spiro atoms. The van der Waals surface area contributed by atoms with Gasteiger partial charge in [-0.2, -0.15) is 0 Å². The highest BCUT2D eigenvalue weighted by molar-refractivity contribution is 5.24. The first kappa shape index (κ1) is 14.8. The van der Waals surface area contributed by atoms with E-state index < -0.39 is 0 Å². The fourth-order valence-corrected chi connectivity index (χ4v) is 3.34. The Morgan fingerprint density at radius 3 is 2.81 bits per heavy atom. The van der Waals surface area contributed by atoms with Gasteiger partial charge in [0.1, 0.15) is 6.10 Å². The van der Waals surface area contributed by atoms with E-state index in [0.717, 1.165) is 25.7 Å². The summed E-state index contributed by atoms with van der Waals surface area (Å²) in [6, 6.07) is 7.40. The molecule has 2 aliphatic heterocycles. The summed E-state index contributed by atoms with van der Waals surface area (Å²) < 4.78 is 19.2. The molecule has 2 saturated heterocycles. The number of halogens is 1. The Morgan fingerprint density at radius 1 is 1.24 bits per heavy atom. The van der Waals surface area contributed by atoms with Gasteiger partial charge in [-0.1, -0.05) is 18.6 Å². The largest absolute Gasteiger partial charge is 0.485 e. The van der Waals surface area contributed by atoms with E-state index in [4.69, 9.17) is 4.74 Å². The zero-order chi connectivity index (χ0) is 14.7. The lowest BCUT2D eigenvalue weighted by molar-refractivity contribution is 0.0110. The molecule has 1 aromatic carbocycles. The van der Waals surface area contributed by atoms with Crippen LogP contribution in [0.25, 0.3) is 0 Å². The van der Waals surface area contributed by atoms with Crippen molar-refractivity contribution >= 4 is 0 Å². The number of piperidine rings is 1. The number of rotatable bonds is 5. The molecule has 0 aromatic heterocycles. The minimum absolute atomic E-state index is 0.144. The summed E-state index contributed by atoms with van der Waals surface area (Å²) in [6.45, 7) is 4.21. The molecular formula is C17H25FN2O. The van der Waals surface area contributed by atoms with Crippen LogP contribution in [0.2, 0.25) is 0 Å². The fraction of sp³-hybridized carbons (Fsp3) is 0.647. The van der Waals surface area contributed by atoms with Crippen molar-refractivity contribution in [2.24, 2.45) is 0 Å². The molecule has 4 heteroatoms. The maximum atomic E-state index is 13.5. The third-order valence-electron chi connectivity index (χ3n) is 4.75. The molecule has 116 valence electrons. The highest BCUT2D eigenvalue weighted by atomic mass is 19.1. The fourth-order valence-electron chi connectivity index (χ4n) is 3.34. The normalized spacial score (nSPS) is 24.8. The second-order valence-corrected chi connectivity index (χ2v) is 6.35. The summed E-state index contributed by atoms with van der Waals surface area (Å²) in [5.41, 5.74) is 0. The Bertz CT molecular complexity index is 462. The van der Waals surface area contributed by atoms with Crippen LogP contribution >= 0.6 is 0 Å². The number of hydrogen-bond donors (Lipinski definition) is 0. The molecule has 0 amide bonds. The van der Waals surface area contributed by atoms with Gasteiger partial charge >= 0.3 is 0 Å². The summed E-state index contributed by atoms with van der Waals surface area (Å²) in [6.07, 6.45) is 5.43. The van der Waals surface area contributed by atoms with Gasteiger partial charge in [-0.05, 0) is 51.5 Å². The van der Waals surface area contributed by atoms with Gasteiger partial charge in [0.05, 0.1) is 0 Å². The first-order chi connectivity index (χ1) is 10.2. The van der Waals surface area contributed by atoms with Gasteiger partial charge in [0.25, 0.3) is 0 Å². The Hall–Kier alpha value is -1.13. The number of benzene rings is 1. The van der Waals surface area contributed by atoms with Crippen molar-refractivity contribution in [2.75, 3.05) is 33.2 Å². The van der Waals surface area contributed by atoms with Crippen molar-refractivity contribution in [1.82, 2.24) is 9.80 Å². The molecule has 1 aromatic rings. The van der Waals surface area contributed by atoms with Gasteiger partial charge in [0, 0.05) is 19.1 Å². The van der Waals surface area contributed by atoms with Gasteiger partial charge in [-0.15, -0.1) is 0 Å². The van der Waals surface area contributed by atoms with Crippen LogP contribution in [0.15, 0.2) is 24.3 Å². The average molecular weight is 292 g/mol. The van der Waals surface area contributed by atoms with Gasteiger partial charge < -0.3 is 9.64 Å². The van der Waals surface area contributed by atoms with Crippen LogP contribution in [0.3, 0.4) is 0 Å². The van der Waals surface area contributed by atoms with Crippen molar-refractivity contribution in [3.05, 3.63) is 30.1 Å². The quantitative estimate of drug-likeness (QED) is 0.830. The molecule has 2 aliphatic rings. The summed E-state index contributed by atoms with van der Waals surface area (Å²) in [5, 5.41) is 0. The molecule has 3 nitrogen and oxygen atoms in total. The molecule has 3 rings (SSSR count). The highest BCUT2D eigenvalue weighted by Crippen LogP contribution is 2.23. The number of hydrogen-bond acceptors (Lipinski definition) is 3. The zero-order valence-corrected chi connectivity index (χ0v) is 12.8. The topological polar surface area (TPSA) is 15.7 Å². The van der Waals surface area contributed by atoms with Gasteiger partial charge in [-0.25, -0.2) is 4.39 Å². The van der Waals surface area contributed by atoms with Crippen molar-refractivity contribution in [3.63, 3.8) is 0 Å². The Kier molecular flexibility index (Phi) is 4.76. The van der Waals surface area contributed by atoms with E-state index in [1.54, 1.807) is 12.1 Å². The first-order valence-corrected chi connectivity index (χ1v) is 8.06. The number of ether oxygens (including phenoxy) is 1. The molecule has 1 atom stereocenters. The van der Waals surface area contributed by atoms with Crippen molar-refractivity contribution in [3.8, 4) is 5.75 Å². The van der Waals surface area contributed by atoms with Crippen molar-refractivity contribution in [2.45, 2.75) is 37.8 Å². The van der Waals surface area contributed by atoms with E-state index in [2.05, 4.69) is 16.8 Å². The van der Waals surface area contributed by atoms with Crippen LogP contribution in [-0.4, -0.2) is 55.2 Å². The second kappa shape index (κ2) is 6.75. The van der Waals surface area contributed by atoms with Crippen molar-refractivity contribution in [1.29, 1.82) is 0 Å². The predicted octanol–water partition coefficient (Wildman–Crippen LogP) is 2.76. The third-order valence-corrected chi connectivity index (χ3v) is 4.75. The Labute approximate surface area is 126 Å². The Morgan fingerprint density at radius 2 is 2.05 bits per heavy atom. The molecule has 0 N–H and O–H groups in total. The molecule has 1 unspecified atom stereocenters. The van der Waals surface area contributed by atoms with Crippen LogP contribution in [-0.2, 0) is 0 Å². The molecule has 0 radical (unpaired) electrons. The average Bonchev–Trinajstić information content (AvgIpc) is 2.45. The Balaban J connectivity index is 1.37. The van der Waals surface area contributed by atoms with Gasteiger partial charge in [0.15, 0.2) is 11.6 Å². The summed E-state index contributed by atoms with van der Waals surface area (Å²) in [4.78, 5) is 4.91. The molecule has 0 bridgehead atoms. The number of para-hydroxylation sites is 1. The molecular weight excluding hydrogens is 267 g/mol. The maximum absolute atomic E-state index is 13.5. The summed E-state index contributed by atoms with van der Waals surface area (Å²) in [7, 11) is 2.24. The lowest BCUT2D eigenvalue weighted by Crippen LogP contribution is -2.54. The van der Waals surface area contributed by atoms with E-state index in [1.807, 2.05) is 6.07 Å². The van der Waals surface area contributed by atoms with Gasteiger partial charge in [-0.3, -0.25) is 4.90 Å². The van der Waals surface area contributed by atoms with Crippen LogP contribution in [0.5, 0.6) is 5.75 Å². The van der Waals surface area contributed by atoms with E-state index in [9.17, 15) is 4.39 Å². The van der Waals surface area contributed by atoms with E-state index >= 15 is 0 Å². The smallest absolute Gasteiger partial charge is 0.165 e. The van der Waals surface area contributed by atoms with Crippen molar-refractivity contribution < 1.29 is 9.13 Å². The molecule has 0 saturated carbocycles. The first-order valence-electron chi connectivity index (χ1n) is 8.06. The lowest BCUT2D eigenvalue weighted by atomic mass is 9.99. The zero-order valence-electron chi connectivity index (χ0n) is 12.8. The molecule has 2 fully saturated rings. The lowest BCUT2D eigenvalue weighted by Gasteiger charge is -2.41. The minimum Gasteiger partial charge on any atom is -0.485 e. The number of nitrogens with zero attached hydrogens (tertiary/aromatic N) is 2. The highest BCUT2D eigenvalue weighted by Gasteiger charge is 2.30. The van der Waals surface area contributed by atoms with E-state index in [1.165, 1.54) is 38.3 Å². The monoisotopic (exact) mass is 292 g/mol. The summed E-state index contributed by atoms with van der Waals surface area (Å²) >= 11 is 0. The summed E-state index contributed by atoms with van der Waals surface area (Å²) in [5.74, 6) is 0.119. The predicted molar refractivity (Wildman–Crippen MR) is 82.1 cm³/mol. The van der Waals surface area contributed by atoms with Crippen LogP contribution in [0, 0.1) is 5.82 Å². The van der Waals surface area contributed by atoms with Crippen LogP contribution in [0.4, 0.5) is 4.39 Å². The van der Waals surface area contributed by atoms with E-state index in [-0.39, 0.29) is 11.9 Å². The second-order valence-electron chi connectivity index (χ2n) is 6.35. The molecule has 0 aliphatic carbocycles. The van der Waals surface area contributed by atoms with Crippen LogP contribution < -0.4 is 4.74 Å².